The number of rotatable bonds is 18. The first-order valence-corrected chi connectivity index (χ1v) is 26.8. The lowest BCUT2D eigenvalue weighted by Gasteiger charge is -2.47. The molecular formula is C59H90O13. The summed E-state index contributed by atoms with van der Waals surface area (Å²) < 4.78 is 28.5. The molecule has 0 radical (unpaired) electrons. The van der Waals surface area contributed by atoms with Crippen LogP contribution in [0.5, 0.6) is 23.0 Å². The molecule has 3 heterocycles. The molecule has 7 rings (SSSR count). The van der Waals surface area contributed by atoms with E-state index < -0.39 is 41.6 Å². The summed E-state index contributed by atoms with van der Waals surface area (Å²) in [7, 11) is 0. The molecule has 0 spiro atoms. The first kappa shape index (κ1) is 58.7. The van der Waals surface area contributed by atoms with Crippen LogP contribution in [-0.2, 0) is 34.6 Å². The number of carbonyl (C=O) groups is 2. The summed E-state index contributed by atoms with van der Waals surface area (Å²) in [5.74, 6) is 0.208. The Morgan fingerprint density at radius 1 is 0.708 bits per heavy atom. The summed E-state index contributed by atoms with van der Waals surface area (Å²) >= 11 is 0. The van der Waals surface area contributed by atoms with Crippen molar-refractivity contribution in [2.75, 3.05) is 26.4 Å². The fourth-order valence-corrected chi connectivity index (χ4v) is 11.4. The second kappa shape index (κ2) is 24.5. The van der Waals surface area contributed by atoms with Crippen molar-refractivity contribution in [3.05, 3.63) is 69.8 Å². The van der Waals surface area contributed by atoms with Crippen LogP contribution in [0.15, 0.2) is 47.6 Å². The highest BCUT2D eigenvalue weighted by molar-refractivity contribution is 5.89. The minimum absolute atomic E-state index is 0.0356. The Kier molecular flexibility index (Phi) is 20.0. The van der Waals surface area contributed by atoms with Crippen LogP contribution in [0.3, 0.4) is 0 Å². The molecule has 5 aliphatic rings. The number of hydrogen-bond donors (Lipinski definition) is 6. The van der Waals surface area contributed by atoms with Gasteiger partial charge in [0.15, 0.2) is 5.79 Å². The number of ether oxygens (including phenoxy) is 5. The molecule has 72 heavy (non-hydrogen) atoms. The maximum absolute atomic E-state index is 12.6. The third kappa shape index (κ3) is 14.6. The molecule has 2 unspecified atom stereocenters. The predicted octanol–water partition coefficient (Wildman–Crippen LogP) is 11.6. The Morgan fingerprint density at radius 3 is 1.56 bits per heavy atom. The zero-order valence-corrected chi connectivity index (χ0v) is 45.7. The van der Waals surface area contributed by atoms with Gasteiger partial charge in [0.2, 0.25) is 0 Å². The van der Waals surface area contributed by atoms with Crippen LogP contribution >= 0.6 is 0 Å². The summed E-state index contributed by atoms with van der Waals surface area (Å²) in [6, 6.07) is 7.94. The number of phenolic OH excluding ortho intramolecular Hbond substituents is 2. The van der Waals surface area contributed by atoms with Gasteiger partial charge in [0.25, 0.3) is 0 Å². The number of aromatic hydroxyl groups is 2. The molecule has 0 bridgehead atoms. The number of aliphatic hydroxyl groups is 3. The van der Waals surface area contributed by atoms with Gasteiger partial charge in [-0.3, -0.25) is 0 Å². The summed E-state index contributed by atoms with van der Waals surface area (Å²) in [6.45, 7) is 25.1. The summed E-state index contributed by atoms with van der Waals surface area (Å²) in [5.41, 5.74) is 3.69. The van der Waals surface area contributed by atoms with E-state index in [9.17, 15) is 30.0 Å². The number of fused-ring (bicyclic) bond motifs is 6. The Balaban J connectivity index is 0.000000229. The molecule has 2 aliphatic carbocycles. The number of esters is 1. The molecule has 0 amide bonds. The van der Waals surface area contributed by atoms with E-state index in [1.165, 1.54) is 44.9 Å². The minimum atomic E-state index is -1.09. The minimum Gasteiger partial charge on any atom is -0.508 e. The molecule has 2 aromatic rings. The van der Waals surface area contributed by atoms with Crippen LogP contribution in [0.2, 0.25) is 0 Å². The van der Waals surface area contributed by atoms with Crippen molar-refractivity contribution in [2.24, 2.45) is 11.8 Å². The van der Waals surface area contributed by atoms with E-state index in [0.717, 1.165) is 47.3 Å². The number of phenols is 2. The number of carboxylic acid groups (broad SMARTS) is 1. The molecule has 2 aromatic carbocycles. The van der Waals surface area contributed by atoms with Gasteiger partial charge >= 0.3 is 11.9 Å². The molecule has 6 atom stereocenters. The van der Waals surface area contributed by atoms with E-state index in [1.807, 2.05) is 38.1 Å². The van der Waals surface area contributed by atoms with Crippen molar-refractivity contribution in [2.45, 2.75) is 225 Å². The van der Waals surface area contributed by atoms with Crippen LogP contribution in [-0.4, -0.2) is 98.2 Å². The van der Waals surface area contributed by atoms with Gasteiger partial charge in [-0.2, -0.15) is 0 Å². The highest BCUT2D eigenvalue weighted by Gasteiger charge is 2.49. The van der Waals surface area contributed by atoms with E-state index in [4.69, 9.17) is 33.9 Å². The van der Waals surface area contributed by atoms with Crippen molar-refractivity contribution in [3.8, 4) is 23.0 Å². The first-order valence-electron chi connectivity index (χ1n) is 26.8. The summed E-state index contributed by atoms with van der Waals surface area (Å²) in [6.07, 6.45) is 16.4. The second-order valence-electron chi connectivity index (χ2n) is 23.8. The largest absolute Gasteiger partial charge is 0.508 e. The number of unbranched alkanes of at least 4 members (excludes halogenated alkanes) is 6. The highest BCUT2D eigenvalue weighted by atomic mass is 16.7. The molecule has 404 valence electrons. The Labute approximate surface area is 430 Å². The van der Waals surface area contributed by atoms with Crippen molar-refractivity contribution in [1.29, 1.82) is 0 Å². The summed E-state index contributed by atoms with van der Waals surface area (Å²) in [5, 5.41) is 58.7. The number of carbonyl (C=O) groups excluding carboxylic acids is 1. The SMILES string of the molecule is CC1(C)OCC(CO)O1.CCCCCCC(C)(C)c1cc(O)c2c(c1)OC(C)(C)[C@@H]1CC=C(C(=O)O)C[C@@H]21.CCCCCCC(C)(C)c1cc(O)c2c(c1)OC(C)(C)[C@@H]1CC=C(C(=O)OCC(O)CO)C[C@@H]21. The smallest absolute Gasteiger partial charge is 0.333 e. The van der Waals surface area contributed by atoms with Gasteiger partial charge in [-0.25, -0.2) is 9.59 Å². The Hall–Kier alpha value is -4.14. The number of aliphatic hydroxyl groups excluding tert-OH is 3. The number of allylic oxidation sites excluding steroid dienone is 2. The molecule has 13 heteroatoms. The topological polar surface area (TPSA) is 202 Å². The molecule has 6 N–H and O–H groups in total. The van der Waals surface area contributed by atoms with Gasteiger partial charge in [0.1, 0.15) is 53.0 Å². The van der Waals surface area contributed by atoms with E-state index in [-0.39, 0.29) is 65.3 Å². The van der Waals surface area contributed by atoms with Crippen molar-refractivity contribution < 1.29 is 63.9 Å². The third-order valence-corrected chi connectivity index (χ3v) is 15.9. The predicted molar refractivity (Wildman–Crippen MR) is 280 cm³/mol. The first-order chi connectivity index (χ1) is 33.7. The van der Waals surface area contributed by atoms with Gasteiger partial charge in [0, 0.05) is 45.9 Å². The lowest BCUT2D eigenvalue weighted by molar-refractivity contribution is -0.143. The average molecular weight is 1010 g/mol. The summed E-state index contributed by atoms with van der Waals surface area (Å²) in [4.78, 5) is 24.2. The molecule has 3 aliphatic heterocycles. The van der Waals surface area contributed by atoms with E-state index in [0.29, 0.717) is 49.2 Å². The van der Waals surface area contributed by atoms with Crippen molar-refractivity contribution in [3.63, 3.8) is 0 Å². The zero-order valence-electron chi connectivity index (χ0n) is 45.7. The quantitative estimate of drug-likeness (QED) is 0.0609. The average Bonchev–Trinajstić information content (AvgIpc) is 3.68. The van der Waals surface area contributed by atoms with Crippen LogP contribution < -0.4 is 9.47 Å². The number of carboxylic acids is 1. The third-order valence-electron chi connectivity index (χ3n) is 15.9. The maximum atomic E-state index is 12.6. The fraction of sp³-hybridized carbons (Fsp3) is 0.695. The van der Waals surface area contributed by atoms with E-state index in [1.54, 1.807) is 0 Å². The maximum Gasteiger partial charge on any atom is 0.333 e. The van der Waals surface area contributed by atoms with Crippen LogP contribution in [0.25, 0.3) is 0 Å². The van der Waals surface area contributed by atoms with Gasteiger partial charge in [-0.1, -0.05) is 105 Å². The molecular weight excluding hydrogens is 917 g/mol. The Bertz CT molecular complexity index is 2220. The van der Waals surface area contributed by atoms with Gasteiger partial charge < -0.3 is 54.3 Å². The van der Waals surface area contributed by atoms with Crippen molar-refractivity contribution >= 4 is 11.9 Å². The van der Waals surface area contributed by atoms with Crippen LogP contribution in [0.4, 0.5) is 0 Å². The second-order valence-corrected chi connectivity index (χ2v) is 23.8. The Morgan fingerprint density at radius 2 is 1.17 bits per heavy atom. The number of hydrogen-bond acceptors (Lipinski definition) is 12. The molecule has 0 aromatic heterocycles. The van der Waals surface area contributed by atoms with Crippen LogP contribution in [0, 0.1) is 11.8 Å². The highest BCUT2D eigenvalue weighted by Crippen LogP contribution is 2.57. The number of aliphatic carboxylic acids is 1. The standard InChI is InChI=1S/C28H42O6.C25H36O4.C6H12O3/c1-6-7-8-9-12-27(2,3)19-14-23(31)25-21-13-18(26(32)33-17-20(30)16-29)10-11-22(21)28(4,5)34-24(25)15-19;1-6-7-8-9-12-24(2,3)17-14-20(26)22-18-13-16(23(27)28)10-11-19(18)25(4,5)29-21(22)15-17;1-6(2)8-4-5(3-7)9-6/h10,14-15,20-22,29-31H,6-9,11-13,16-17H2,1-5H3;10,14-15,18-19,26H,6-9,11-13H2,1-5H3,(H,27,28);5,7H,3-4H2,1-2H3/t20?,21-,22-;18-,19-;/m11./s1. The molecule has 13 nitrogen and oxygen atoms in total. The lowest BCUT2D eigenvalue weighted by Crippen LogP contribution is -2.46. The van der Waals surface area contributed by atoms with Gasteiger partial charge in [0.05, 0.1) is 19.8 Å². The normalized spacial score (nSPS) is 23.8. The fourth-order valence-electron chi connectivity index (χ4n) is 11.4. The zero-order chi connectivity index (χ0) is 53.4. The molecule has 0 saturated carbocycles. The van der Waals surface area contributed by atoms with Crippen molar-refractivity contribution in [1.82, 2.24) is 0 Å². The molecule has 1 fully saturated rings. The van der Waals surface area contributed by atoms with Crippen LogP contribution in [0.1, 0.15) is 207 Å². The monoisotopic (exact) mass is 1010 g/mol. The van der Waals surface area contributed by atoms with E-state index in [2.05, 4.69) is 81.4 Å². The van der Waals surface area contributed by atoms with E-state index >= 15 is 0 Å². The molecule has 1 saturated heterocycles. The lowest BCUT2D eigenvalue weighted by atomic mass is 9.66. The van der Waals surface area contributed by atoms with Gasteiger partial charge in [-0.15, -0.1) is 0 Å². The van der Waals surface area contributed by atoms with Gasteiger partial charge in [-0.05, 0) is 126 Å². The number of benzene rings is 2.